The van der Waals surface area contributed by atoms with Crippen molar-refractivity contribution in [1.82, 2.24) is 9.88 Å². The van der Waals surface area contributed by atoms with Gasteiger partial charge in [0.15, 0.2) is 5.58 Å². The first-order valence-electron chi connectivity index (χ1n) is 7.65. The van der Waals surface area contributed by atoms with Crippen molar-refractivity contribution in [2.45, 2.75) is 19.4 Å². The Balaban J connectivity index is 1.52. The zero-order valence-electron chi connectivity index (χ0n) is 12.5. The van der Waals surface area contributed by atoms with Crippen LogP contribution < -0.4 is 5.76 Å². The van der Waals surface area contributed by atoms with Crippen LogP contribution in [0.25, 0.3) is 11.1 Å². The summed E-state index contributed by atoms with van der Waals surface area (Å²) in [6, 6.07) is 13.6. The third kappa shape index (κ3) is 2.65. The van der Waals surface area contributed by atoms with Gasteiger partial charge in [-0.25, -0.2) is 4.79 Å². The van der Waals surface area contributed by atoms with Crippen LogP contribution in [0.1, 0.15) is 16.7 Å². The van der Waals surface area contributed by atoms with Crippen LogP contribution in [0.5, 0.6) is 0 Å². The molecule has 1 amide bonds. The van der Waals surface area contributed by atoms with Crippen LogP contribution in [-0.4, -0.2) is 22.3 Å². The molecule has 0 aliphatic carbocycles. The topological polar surface area (TPSA) is 66.3 Å². The predicted octanol–water partition coefficient (Wildman–Crippen LogP) is 2.25. The number of amides is 1. The van der Waals surface area contributed by atoms with Crippen molar-refractivity contribution in [3.05, 3.63) is 69.7 Å². The van der Waals surface area contributed by atoms with Gasteiger partial charge in [0.25, 0.3) is 0 Å². The fraction of sp³-hybridized carbons (Fsp3) is 0.222. The van der Waals surface area contributed by atoms with E-state index in [0.29, 0.717) is 24.1 Å². The average molecular weight is 308 g/mol. The maximum atomic E-state index is 12.5. The summed E-state index contributed by atoms with van der Waals surface area (Å²) in [6.45, 7) is 1.42. The van der Waals surface area contributed by atoms with Gasteiger partial charge in [-0.1, -0.05) is 30.3 Å². The minimum atomic E-state index is -0.476. The van der Waals surface area contributed by atoms with Crippen LogP contribution in [0.3, 0.4) is 0 Å². The first-order chi connectivity index (χ1) is 11.2. The van der Waals surface area contributed by atoms with Gasteiger partial charge in [0, 0.05) is 13.1 Å². The number of aromatic amines is 1. The van der Waals surface area contributed by atoms with E-state index in [9.17, 15) is 9.59 Å². The second kappa shape index (κ2) is 5.43. The summed E-state index contributed by atoms with van der Waals surface area (Å²) >= 11 is 0. The molecule has 5 heteroatoms. The summed E-state index contributed by atoms with van der Waals surface area (Å²) < 4.78 is 4.98. The Kier molecular flexibility index (Phi) is 3.26. The molecule has 2 aromatic carbocycles. The van der Waals surface area contributed by atoms with E-state index >= 15 is 0 Å². The molecule has 1 aliphatic heterocycles. The summed E-state index contributed by atoms with van der Waals surface area (Å²) in [6.07, 6.45) is 1.22. The molecule has 2 heterocycles. The zero-order valence-corrected chi connectivity index (χ0v) is 12.5. The third-order valence-corrected chi connectivity index (χ3v) is 4.32. The number of benzene rings is 2. The summed E-state index contributed by atoms with van der Waals surface area (Å²) in [5.41, 5.74) is 4.57. The van der Waals surface area contributed by atoms with E-state index in [-0.39, 0.29) is 5.91 Å². The highest BCUT2D eigenvalue weighted by Crippen LogP contribution is 2.20. The smallest absolute Gasteiger partial charge is 0.408 e. The lowest BCUT2D eigenvalue weighted by molar-refractivity contribution is -0.131. The summed E-state index contributed by atoms with van der Waals surface area (Å²) in [4.78, 5) is 28.2. The minimum Gasteiger partial charge on any atom is -0.408 e. The molecule has 5 nitrogen and oxygen atoms in total. The van der Waals surface area contributed by atoms with Crippen LogP contribution in [0.4, 0.5) is 0 Å². The molecule has 0 unspecified atom stereocenters. The number of aromatic nitrogens is 1. The molecule has 0 bridgehead atoms. The normalized spacial score (nSPS) is 14.0. The van der Waals surface area contributed by atoms with Gasteiger partial charge < -0.3 is 9.32 Å². The van der Waals surface area contributed by atoms with Crippen molar-refractivity contribution in [2.75, 3.05) is 6.54 Å². The Morgan fingerprint density at radius 1 is 1.17 bits per heavy atom. The molecule has 4 rings (SSSR count). The first-order valence-corrected chi connectivity index (χ1v) is 7.65. The lowest BCUT2D eigenvalue weighted by Gasteiger charge is -2.29. The number of carbonyl (C=O) groups is 1. The van der Waals surface area contributed by atoms with Gasteiger partial charge in [0.05, 0.1) is 11.9 Å². The second-order valence-corrected chi connectivity index (χ2v) is 5.86. The summed E-state index contributed by atoms with van der Waals surface area (Å²) in [7, 11) is 0. The van der Waals surface area contributed by atoms with E-state index < -0.39 is 5.76 Å². The Morgan fingerprint density at radius 2 is 2.00 bits per heavy atom. The number of H-pyrrole nitrogens is 1. The van der Waals surface area contributed by atoms with Crippen LogP contribution >= 0.6 is 0 Å². The first kappa shape index (κ1) is 13.8. The lowest BCUT2D eigenvalue weighted by Crippen LogP contribution is -2.36. The molecule has 0 spiro atoms. The number of nitrogens with zero attached hydrogens (tertiary/aromatic N) is 1. The van der Waals surface area contributed by atoms with Gasteiger partial charge in [-0.15, -0.1) is 0 Å². The number of nitrogens with one attached hydrogen (secondary N) is 1. The summed E-state index contributed by atoms with van der Waals surface area (Å²) in [5, 5.41) is 0. The second-order valence-electron chi connectivity index (χ2n) is 5.86. The highest BCUT2D eigenvalue weighted by atomic mass is 16.4. The average Bonchev–Trinajstić information content (AvgIpc) is 2.93. The van der Waals surface area contributed by atoms with E-state index in [1.165, 1.54) is 11.1 Å². The number of hydrogen-bond donors (Lipinski definition) is 1. The molecule has 0 saturated heterocycles. The Bertz CT molecular complexity index is 939. The highest BCUT2D eigenvalue weighted by Gasteiger charge is 2.20. The van der Waals surface area contributed by atoms with Crippen molar-refractivity contribution in [3.63, 3.8) is 0 Å². The maximum Gasteiger partial charge on any atom is 0.417 e. The third-order valence-electron chi connectivity index (χ3n) is 4.32. The van der Waals surface area contributed by atoms with Gasteiger partial charge in [0.1, 0.15) is 0 Å². The highest BCUT2D eigenvalue weighted by molar-refractivity contribution is 5.81. The van der Waals surface area contributed by atoms with Crippen molar-refractivity contribution in [3.8, 4) is 0 Å². The van der Waals surface area contributed by atoms with Crippen LogP contribution in [-0.2, 0) is 24.2 Å². The van der Waals surface area contributed by atoms with Crippen molar-refractivity contribution < 1.29 is 9.21 Å². The van der Waals surface area contributed by atoms with E-state index in [0.717, 1.165) is 18.5 Å². The lowest BCUT2D eigenvalue weighted by atomic mass is 9.99. The standard InChI is InChI=1S/C18H16N2O3/c21-17(20-8-7-13-3-1-2-4-14(13)11-20)10-12-5-6-16-15(9-12)19-18(22)23-16/h1-6,9H,7-8,10-11H2,(H,19,22). The Morgan fingerprint density at radius 3 is 2.87 bits per heavy atom. The molecule has 0 fully saturated rings. The van der Waals surface area contributed by atoms with Gasteiger partial charge in [-0.2, -0.15) is 0 Å². The molecule has 1 aliphatic rings. The molecule has 1 aromatic heterocycles. The molecular weight excluding hydrogens is 292 g/mol. The number of fused-ring (bicyclic) bond motifs is 2. The van der Waals surface area contributed by atoms with Gasteiger partial charge in [0.2, 0.25) is 5.91 Å². The molecule has 116 valence electrons. The van der Waals surface area contributed by atoms with Crippen LogP contribution in [0.2, 0.25) is 0 Å². The van der Waals surface area contributed by atoms with E-state index in [1.807, 2.05) is 23.1 Å². The maximum absolute atomic E-state index is 12.5. The van der Waals surface area contributed by atoms with Gasteiger partial charge in [-0.3, -0.25) is 9.78 Å². The van der Waals surface area contributed by atoms with Gasteiger partial charge in [-0.05, 0) is 35.2 Å². The molecule has 23 heavy (non-hydrogen) atoms. The molecular formula is C18H16N2O3. The van der Waals surface area contributed by atoms with E-state index in [4.69, 9.17) is 4.42 Å². The molecule has 0 atom stereocenters. The number of oxazole rings is 1. The van der Waals surface area contributed by atoms with Crippen LogP contribution in [0, 0.1) is 0 Å². The monoisotopic (exact) mass is 308 g/mol. The minimum absolute atomic E-state index is 0.102. The fourth-order valence-corrected chi connectivity index (χ4v) is 3.10. The molecule has 0 saturated carbocycles. The van der Waals surface area contributed by atoms with Gasteiger partial charge >= 0.3 is 5.76 Å². The van der Waals surface area contributed by atoms with Crippen LogP contribution in [0.15, 0.2) is 51.7 Å². The van der Waals surface area contributed by atoms with E-state index in [2.05, 4.69) is 17.1 Å². The SMILES string of the molecule is O=C(Cc1ccc2oc(=O)[nH]c2c1)N1CCc2ccccc2C1. The van der Waals surface area contributed by atoms with Crippen molar-refractivity contribution >= 4 is 17.0 Å². The number of hydrogen-bond acceptors (Lipinski definition) is 3. The number of rotatable bonds is 2. The largest absolute Gasteiger partial charge is 0.417 e. The predicted molar refractivity (Wildman–Crippen MR) is 86.1 cm³/mol. The quantitative estimate of drug-likeness (QED) is 0.789. The fourth-order valence-electron chi connectivity index (χ4n) is 3.10. The van der Waals surface area contributed by atoms with Crippen molar-refractivity contribution in [2.24, 2.45) is 0 Å². The van der Waals surface area contributed by atoms with E-state index in [1.54, 1.807) is 12.1 Å². The zero-order chi connectivity index (χ0) is 15.8. The van der Waals surface area contributed by atoms with Crippen molar-refractivity contribution in [1.29, 1.82) is 0 Å². The Labute approximate surface area is 132 Å². The molecule has 3 aromatic rings. The summed E-state index contributed by atoms with van der Waals surface area (Å²) in [5.74, 6) is -0.374. The molecule has 0 radical (unpaired) electrons. The molecule has 1 N–H and O–H groups in total. The number of carbonyl (C=O) groups excluding carboxylic acids is 1. The Hall–Kier alpha value is -2.82.